The first-order valence-corrected chi connectivity index (χ1v) is 3.84. The first-order valence-electron chi connectivity index (χ1n) is 3.84. The highest BCUT2D eigenvalue weighted by Gasteiger charge is 1.96. The van der Waals surface area contributed by atoms with Gasteiger partial charge >= 0.3 is 0 Å². The van der Waals surface area contributed by atoms with E-state index < -0.39 is 0 Å². The zero-order valence-electron chi connectivity index (χ0n) is 7.14. The predicted octanol–water partition coefficient (Wildman–Crippen LogP) is 0.821. The zero-order chi connectivity index (χ0) is 9.52. The zero-order valence-corrected chi connectivity index (χ0v) is 7.14. The molecule has 2 rings (SSSR count). The molecule has 13 heavy (non-hydrogen) atoms. The molecule has 0 aromatic heterocycles. The predicted molar refractivity (Wildman–Crippen MR) is 55.2 cm³/mol. The van der Waals surface area contributed by atoms with Gasteiger partial charge in [-0.15, -0.1) is 0 Å². The normalized spacial score (nSPS) is 11.8. The maximum Gasteiger partial charge on any atom is 0.0469 e. The third-order valence-electron chi connectivity index (χ3n) is 1.57. The summed E-state index contributed by atoms with van der Waals surface area (Å²) in [5, 5.41) is 3.12. The fourth-order valence-corrected chi connectivity index (χ4v) is 1.03. The van der Waals surface area contributed by atoms with Crippen molar-refractivity contribution in [2.24, 2.45) is 16.7 Å². The van der Waals surface area contributed by atoms with E-state index in [9.17, 15) is 0 Å². The maximum absolute atomic E-state index is 4.04. The van der Waals surface area contributed by atoms with E-state index in [4.69, 9.17) is 0 Å². The van der Waals surface area contributed by atoms with Gasteiger partial charge in [-0.3, -0.25) is 16.7 Å². The summed E-state index contributed by atoms with van der Waals surface area (Å²) in [4.78, 5) is 4.04. The summed E-state index contributed by atoms with van der Waals surface area (Å²) < 4.78 is 0. The average molecular weight is 176 g/mol. The van der Waals surface area contributed by atoms with Crippen molar-refractivity contribution in [2.45, 2.75) is 0 Å². The Labute approximate surface area is 76.9 Å². The van der Waals surface area contributed by atoms with Crippen molar-refractivity contribution in [1.82, 2.24) is 0 Å². The summed E-state index contributed by atoms with van der Waals surface area (Å²) in [6.45, 7) is 0. The summed E-state index contributed by atoms with van der Waals surface area (Å²) in [5.41, 5.74) is 2.22. The summed E-state index contributed by atoms with van der Waals surface area (Å²) in [6, 6.07) is 8.05. The Bertz CT molecular complexity index is 317. The Morgan fingerprint density at radius 2 is 1.92 bits per heavy atom. The van der Waals surface area contributed by atoms with Gasteiger partial charge in [0.05, 0.1) is 0 Å². The van der Waals surface area contributed by atoms with Crippen LogP contribution in [-0.2, 0) is 0 Å². The Kier molecular flexibility index (Phi) is 3.69. The van der Waals surface area contributed by atoms with E-state index in [-0.39, 0.29) is 0 Å². The van der Waals surface area contributed by atoms with Gasteiger partial charge in [-0.25, -0.2) is 0 Å². The Morgan fingerprint density at radius 3 is 2.77 bits per heavy atom. The topological polar surface area (TPSA) is 76.4 Å². The number of rotatable bonds is 0. The molecule has 1 heterocycles. The lowest BCUT2D eigenvalue weighted by molar-refractivity contribution is 1.26. The van der Waals surface area contributed by atoms with Gasteiger partial charge in [0.15, 0.2) is 0 Å². The van der Waals surface area contributed by atoms with Gasteiger partial charge in [0.2, 0.25) is 0 Å². The second kappa shape index (κ2) is 5.08. The van der Waals surface area contributed by atoms with Crippen LogP contribution in [-0.4, -0.2) is 6.21 Å². The smallest absolute Gasteiger partial charge is 0.0469 e. The molecule has 1 aliphatic rings. The minimum atomic E-state index is 1.10. The van der Waals surface area contributed by atoms with E-state index in [1.807, 2.05) is 36.7 Å². The minimum absolute atomic E-state index is 1.10. The van der Waals surface area contributed by atoms with E-state index in [0.717, 1.165) is 11.3 Å². The molecule has 0 unspecified atom stereocenters. The van der Waals surface area contributed by atoms with E-state index in [1.165, 1.54) is 0 Å². The van der Waals surface area contributed by atoms with Crippen LogP contribution in [0, 0.1) is 0 Å². The maximum atomic E-state index is 4.04. The fraction of sp³-hybridized carbons (Fsp3) is 0. The van der Waals surface area contributed by atoms with Gasteiger partial charge < -0.3 is 5.32 Å². The molecular formula is C9H12N4. The molecule has 0 amide bonds. The van der Waals surface area contributed by atoms with Crippen molar-refractivity contribution in [3.63, 3.8) is 0 Å². The van der Waals surface area contributed by atoms with Crippen molar-refractivity contribution in [2.75, 3.05) is 5.32 Å². The highest BCUT2D eigenvalue weighted by atomic mass is 15.0. The van der Waals surface area contributed by atoms with Crippen LogP contribution in [0.2, 0.25) is 0 Å². The van der Waals surface area contributed by atoms with Crippen LogP contribution >= 0.6 is 0 Å². The molecule has 0 saturated carbocycles. The molecule has 1 aliphatic heterocycles. The molecule has 1 aromatic carbocycles. The molecule has 68 valence electrons. The number of aliphatic imine (C=N–C) groups is 1. The second-order valence-electron chi connectivity index (χ2n) is 2.33. The van der Waals surface area contributed by atoms with Crippen LogP contribution in [0.4, 0.5) is 5.69 Å². The Hall–Kier alpha value is -1.65. The summed E-state index contributed by atoms with van der Waals surface area (Å²) in [6.07, 6.45) is 5.40. The van der Waals surface area contributed by atoms with Crippen LogP contribution in [0.5, 0.6) is 0 Å². The van der Waals surface area contributed by atoms with Crippen molar-refractivity contribution < 1.29 is 0 Å². The molecule has 4 heteroatoms. The lowest BCUT2D eigenvalue weighted by atomic mass is 10.2. The van der Waals surface area contributed by atoms with Crippen LogP contribution in [0.1, 0.15) is 5.56 Å². The molecule has 0 fully saturated rings. The van der Waals surface area contributed by atoms with E-state index in [1.54, 1.807) is 6.20 Å². The highest BCUT2D eigenvalue weighted by molar-refractivity contribution is 5.88. The largest absolute Gasteiger partial charge is 0.360 e. The molecule has 4 nitrogen and oxygen atoms in total. The van der Waals surface area contributed by atoms with Crippen molar-refractivity contribution >= 4 is 11.9 Å². The van der Waals surface area contributed by atoms with Crippen LogP contribution in [0.25, 0.3) is 0 Å². The van der Waals surface area contributed by atoms with Crippen LogP contribution in [0.15, 0.2) is 41.7 Å². The molecular weight excluding hydrogens is 164 g/mol. The first kappa shape index (κ1) is 9.44. The number of hydrazine groups is 1. The number of nitrogens with two attached hydrogens (primary N) is 2. The minimum Gasteiger partial charge on any atom is -0.360 e. The number of benzene rings is 1. The molecule has 0 saturated heterocycles. The molecule has 0 spiro atoms. The van der Waals surface area contributed by atoms with Crippen LogP contribution in [0.3, 0.4) is 0 Å². The van der Waals surface area contributed by atoms with Gasteiger partial charge in [-0.05, 0) is 6.07 Å². The molecule has 0 atom stereocenters. The summed E-state index contributed by atoms with van der Waals surface area (Å²) in [7, 11) is 0. The number of hydrogen-bond acceptors (Lipinski definition) is 4. The van der Waals surface area contributed by atoms with Gasteiger partial charge in [-0.1, -0.05) is 18.2 Å². The molecule has 0 radical (unpaired) electrons. The standard InChI is InChI=1S/C9H8N2.H4N2/c1-2-4-9-8(3-1)7-10-5-6-11-9;1-2/h1-7,11H;1-2H2. The lowest BCUT2D eigenvalue weighted by Gasteiger charge is -2.01. The quantitative estimate of drug-likeness (QED) is 0.404. The third kappa shape index (κ3) is 2.40. The Morgan fingerprint density at radius 1 is 1.15 bits per heavy atom. The number of nitrogens with one attached hydrogen (secondary N) is 1. The number of nitrogens with zero attached hydrogens (tertiary/aromatic N) is 1. The SMILES string of the molecule is C1=CNc2ccccc2C=N1.NN. The van der Waals surface area contributed by atoms with Gasteiger partial charge in [-0.2, -0.15) is 0 Å². The fourth-order valence-electron chi connectivity index (χ4n) is 1.03. The number of hydrogen-bond donors (Lipinski definition) is 3. The van der Waals surface area contributed by atoms with Crippen molar-refractivity contribution in [3.8, 4) is 0 Å². The van der Waals surface area contributed by atoms with Crippen molar-refractivity contribution in [3.05, 3.63) is 42.2 Å². The van der Waals surface area contributed by atoms with E-state index in [2.05, 4.69) is 22.0 Å². The van der Waals surface area contributed by atoms with E-state index >= 15 is 0 Å². The second-order valence-corrected chi connectivity index (χ2v) is 2.33. The molecule has 0 bridgehead atoms. The Balaban J connectivity index is 0.000000396. The first-order chi connectivity index (χ1) is 6.47. The molecule has 1 aromatic rings. The number of fused-ring (bicyclic) bond motifs is 1. The summed E-state index contributed by atoms with van der Waals surface area (Å²) in [5.74, 6) is 8.00. The number of anilines is 1. The lowest BCUT2D eigenvalue weighted by Crippen LogP contribution is -2.02. The van der Waals surface area contributed by atoms with Gasteiger partial charge in [0, 0.05) is 29.9 Å². The number of para-hydroxylation sites is 1. The van der Waals surface area contributed by atoms with E-state index in [0.29, 0.717) is 0 Å². The monoisotopic (exact) mass is 176 g/mol. The van der Waals surface area contributed by atoms with Crippen molar-refractivity contribution in [1.29, 1.82) is 0 Å². The highest BCUT2D eigenvalue weighted by Crippen LogP contribution is 2.13. The van der Waals surface area contributed by atoms with Gasteiger partial charge in [0.1, 0.15) is 0 Å². The average Bonchev–Trinajstić information content (AvgIpc) is 2.45. The summed E-state index contributed by atoms with van der Waals surface area (Å²) >= 11 is 0. The molecule has 5 N–H and O–H groups in total. The van der Waals surface area contributed by atoms with Gasteiger partial charge in [0.25, 0.3) is 0 Å². The molecule has 0 aliphatic carbocycles. The van der Waals surface area contributed by atoms with Crippen LogP contribution < -0.4 is 17.0 Å². The third-order valence-corrected chi connectivity index (χ3v) is 1.57.